The van der Waals surface area contributed by atoms with Crippen LogP contribution in [-0.2, 0) is 0 Å². The molecule has 0 aliphatic heterocycles. The number of hydrogen-bond acceptors (Lipinski definition) is 4. The standard InChI is InChI=1S/C12H7N3O2/c13-8-11(9-14)5-1-3-10-4-2-6-12(7-10)15(16)17/h1-7H/b3-1-. The van der Waals surface area contributed by atoms with Gasteiger partial charge in [-0.25, -0.2) is 0 Å². The van der Waals surface area contributed by atoms with Gasteiger partial charge in [0.2, 0.25) is 0 Å². The molecule has 1 rings (SSSR count). The first-order chi connectivity index (χ1) is 8.17. The van der Waals surface area contributed by atoms with E-state index in [4.69, 9.17) is 10.5 Å². The number of nitriles is 2. The van der Waals surface area contributed by atoms with E-state index in [2.05, 4.69) is 0 Å². The predicted molar refractivity (Wildman–Crippen MR) is 61.4 cm³/mol. The second-order valence-electron chi connectivity index (χ2n) is 3.02. The Morgan fingerprint density at radius 3 is 2.65 bits per heavy atom. The van der Waals surface area contributed by atoms with Crippen molar-refractivity contribution >= 4 is 11.8 Å². The van der Waals surface area contributed by atoms with Crippen molar-refractivity contribution in [3.05, 3.63) is 57.7 Å². The third-order valence-corrected chi connectivity index (χ3v) is 1.87. The van der Waals surface area contributed by atoms with Crippen molar-refractivity contribution in [1.82, 2.24) is 0 Å². The van der Waals surface area contributed by atoms with Crippen LogP contribution in [0.1, 0.15) is 5.56 Å². The smallest absolute Gasteiger partial charge is 0.258 e. The Kier molecular flexibility index (Phi) is 4.17. The number of hydrogen-bond donors (Lipinski definition) is 0. The third-order valence-electron chi connectivity index (χ3n) is 1.87. The van der Waals surface area contributed by atoms with E-state index >= 15 is 0 Å². The van der Waals surface area contributed by atoms with Crippen molar-refractivity contribution in [3.8, 4) is 12.1 Å². The van der Waals surface area contributed by atoms with E-state index in [1.54, 1.807) is 30.3 Å². The number of rotatable bonds is 3. The molecule has 1 aromatic rings. The van der Waals surface area contributed by atoms with Crippen LogP contribution in [0.5, 0.6) is 0 Å². The van der Waals surface area contributed by atoms with Gasteiger partial charge in [0.05, 0.1) is 4.92 Å². The van der Waals surface area contributed by atoms with Crippen LogP contribution in [0.3, 0.4) is 0 Å². The summed E-state index contributed by atoms with van der Waals surface area (Å²) >= 11 is 0. The van der Waals surface area contributed by atoms with E-state index < -0.39 is 4.92 Å². The maximum atomic E-state index is 10.5. The van der Waals surface area contributed by atoms with Crippen molar-refractivity contribution in [3.63, 3.8) is 0 Å². The maximum Gasteiger partial charge on any atom is 0.270 e. The molecule has 5 nitrogen and oxygen atoms in total. The lowest BCUT2D eigenvalue weighted by molar-refractivity contribution is -0.384. The fourth-order valence-electron chi connectivity index (χ4n) is 1.10. The third kappa shape index (κ3) is 3.61. The topological polar surface area (TPSA) is 90.7 Å². The van der Waals surface area contributed by atoms with Crippen molar-refractivity contribution in [1.29, 1.82) is 10.5 Å². The van der Waals surface area contributed by atoms with Crippen LogP contribution in [0.25, 0.3) is 6.08 Å². The molecule has 17 heavy (non-hydrogen) atoms. The van der Waals surface area contributed by atoms with E-state index in [1.807, 2.05) is 0 Å². The van der Waals surface area contributed by atoms with Gasteiger partial charge in [0, 0.05) is 12.1 Å². The largest absolute Gasteiger partial charge is 0.270 e. The summed E-state index contributed by atoms with van der Waals surface area (Å²) in [4.78, 5) is 10.0. The van der Waals surface area contributed by atoms with Crippen LogP contribution in [0.4, 0.5) is 5.69 Å². The SMILES string of the molecule is N#CC(C#N)=C/C=C\c1cccc([N+](=O)[O-])c1. The van der Waals surface area contributed by atoms with Crippen LogP contribution >= 0.6 is 0 Å². The minimum atomic E-state index is -0.483. The first-order valence-corrected chi connectivity index (χ1v) is 4.60. The summed E-state index contributed by atoms with van der Waals surface area (Å²) in [6.45, 7) is 0. The lowest BCUT2D eigenvalue weighted by atomic mass is 10.2. The fraction of sp³-hybridized carbons (Fsp3) is 0. The summed E-state index contributed by atoms with van der Waals surface area (Å²) in [5, 5.41) is 27.5. The minimum Gasteiger partial charge on any atom is -0.258 e. The van der Waals surface area contributed by atoms with Crippen molar-refractivity contribution in [2.75, 3.05) is 0 Å². The quantitative estimate of drug-likeness (QED) is 0.342. The average Bonchev–Trinajstić information content (AvgIpc) is 2.35. The van der Waals surface area contributed by atoms with Gasteiger partial charge in [-0.3, -0.25) is 10.1 Å². The lowest BCUT2D eigenvalue weighted by Gasteiger charge is -1.93. The van der Waals surface area contributed by atoms with E-state index in [-0.39, 0.29) is 11.3 Å². The summed E-state index contributed by atoms with van der Waals surface area (Å²) in [5.74, 6) is 0. The van der Waals surface area contributed by atoms with Gasteiger partial charge in [-0.2, -0.15) is 10.5 Å². The maximum absolute atomic E-state index is 10.5. The van der Waals surface area contributed by atoms with Gasteiger partial charge < -0.3 is 0 Å². The molecule has 0 fully saturated rings. The summed E-state index contributed by atoms with van der Waals surface area (Å²) in [7, 11) is 0. The number of nitro groups is 1. The molecule has 0 unspecified atom stereocenters. The van der Waals surface area contributed by atoms with Crippen molar-refractivity contribution in [2.24, 2.45) is 0 Å². The van der Waals surface area contributed by atoms with Gasteiger partial charge in [-0.15, -0.1) is 0 Å². The zero-order chi connectivity index (χ0) is 12.7. The molecule has 0 atom stereocenters. The fourth-order valence-corrected chi connectivity index (χ4v) is 1.10. The second-order valence-corrected chi connectivity index (χ2v) is 3.02. The molecule has 0 aliphatic carbocycles. The zero-order valence-electron chi connectivity index (χ0n) is 8.70. The van der Waals surface area contributed by atoms with Crippen molar-refractivity contribution < 1.29 is 4.92 Å². The number of allylic oxidation sites excluding steroid dienone is 3. The van der Waals surface area contributed by atoms with Crippen LogP contribution in [-0.4, -0.2) is 4.92 Å². The normalized spacial score (nSPS) is 9.29. The molecule has 0 bridgehead atoms. The summed E-state index contributed by atoms with van der Waals surface area (Å²) in [5.41, 5.74) is 0.606. The van der Waals surface area contributed by atoms with E-state index in [0.717, 1.165) is 0 Å². The highest BCUT2D eigenvalue weighted by molar-refractivity contribution is 5.56. The molecular weight excluding hydrogens is 218 g/mol. The van der Waals surface area contributed by atoms with E-state index in [1.165, 1.54) is 24.3 Å². The molecule has 0 N–H and O–H groups in total. The minimum absolute atomic E-state index is 0.00285. The molecule has 0 amide bonds. The first kappa shape index (κ1) is 12.2. The molecule has 0 heterocycles. The van der Waals surface area contributed by atoms with Gasteiger partial charge >= 0.3 is 0 Å². The monoisotopic (exact) mass is 225 g/mol. The number of non-ortho nitro benzene ring substituents is 1. The van der Waals surface area contributed by atoms with Gasteiger partial charge in [0.25, 0.3) is 5.69 Å². The Bertz CT molecular complexity index is 558. The molecule has 5 heteroatoms. The Hall–Kier alpha value is -2.92. The Morgan fingerprint density at radius 2 is 2.06 bits per heavy atom. The molecule has 0 spiro atoms. The van der Waals surface area contributed by atoms with Crippen LogP contribution in [0.15, 0.2) is 42.0 Å². The zero-order valence-corrected chi connectivity index (χ0v) is 8.70. The molecule has 1 aromatic carbocycles. The summed E-state index contributed by atoms with van der Waals surface area (Å²) < 4.78 is 0. The summed E-state index contributed by atoms with van der Waals surface area (Å²) in [6, 6.07) is 9.47. The van der Waals surface area contributed by atoms with Gasteiger partial charge in [-0.1, -0.05) is 24.3 Å². The number of nitro benzene ring substituents is 1. The van der Waals surface area contributed by atoms with Crippen LogP contribution in [0, 0.1) is 32.8 Å². The predicted octanol–water partition coefficient (Wildman–Crippen LogP) is 2.58. The lowest BCUT2D eigenvalue weighted by Crippen LogP contribution is -1.87. The van der Waals surface area contributed by atoms with Gasteiger partial charge in [-0.05, 0) is 11.6 Å². The molecule has 0 saturated heterocycles. The Morgan fingerprint density at radius 1 is 1.35 bits per heavy atom. The number of benzene rings is 1. The van der Waals surface area contributed by atoms with Gasteiger partial charge in [0.15, 0.2) is 0 Å². The highest BCUT2D eigenvalue weighted by Gasteiger charge is 2.03. The Labute approximate surface area is 97.7 Å². The molecule has 0 aliphatic rings. The highest BCUT2D eigenvalue weighted by Crippen LogP contribution is 2.14. The molecule has 82 valence electrons. The molecule has 0 saturated carbocycles. The molecular formula is C12H7N3O2. The van der Waals surface area contributed by atoms with E-state index in [0.29, 0.717) is 5.56 Å². The average molecular weight is 225 g/mol. The second kappa shape index (κ2) is 5.84. The first-order valence-electron chi connectivity index (χ1n) is 4.60. The van der Waals surface area contributed by atoms with Crippen LogP contribution in [0.2, 0.25) is 0 Å². The molecule has 0 radical (unpaired) electrons. The van der Waals surface area contributed by atoms with Crippen LogP contribution < -0.4 is 0 Å². The molecule has 0 aromatic heterocycles. The number of nitrogens with zero attached hydrogens (tertiary/aromatic N) is 3. The highest BCUT2D eigenvalue weighted by atomic mass is 16.6. The van der Waals surface area contributed by atoms with Gasteiger partial charge in [0.1, 0.15) is 17.7 Å². The Balaban J connectivity index is 2.91. The van der Waals surface area contributed by atoms with E-state index in [9.17, 15) is 10.1 Å². The van der Waals surface area contributed by atoms with Crippen molar-refractivity contribution in [2.45, 2.75) is 0 Å². The summed E-state index contributed by atoms with van der Waals surface area (Å²) in [6.07, 6.45) is 4.43.